The minimum absolute atomic E-state index is 0.0294. The lowest BCUT2D eigenvalue weighted by Gasteiger charge is -2.14. The Morgan fingerprint density at radius 2 is 1.45 bits per heavy atom. The van der Waals surface area contributed by atoms with Crippen molar-refractivity contribution < 1.29 is 36.2 Å². The number of halogens is 6. The average Bonchev–Trinajstić information content (AvgIpc) is 3.05. The third-order valence-corrected chi connectivity index (χ3v) is 3.15. The van der Waals surface area contributed by atoms with Gasteiger partial charge in [0.15, 0.2) is 0 Å². The summed E-state index contributed by atoms with van der Waals surface area (Å²) in [5.41, 5.74) is -3.07. The summed E-state index contributed by atoms with van der Waals surface area (Å²) in [7, 11) is 0. The van der Waals surface area contributed by atoms with Crippen molar-refractivity contribution in [2.24, 2.45) is 5.92 Å². The SMILES string of the molecule is O=C(O)C1CC1c1cc(C(F)(F)F)cc(C(F)(F)F)c1. The van der Waals surface area contributed by atoms with Crippen LogP contribution >= 0.6 is 0 Å². The Morgan fingerprint density at radius 1 is 1.00 bits per heavy atom. The number of carbonyl (C=O) groups is 1. The molecule has 0 aliphatic heterocycles. The standard InChI is InChI=1S/C12H8F6O2/c13-11(14,15)6-1-5(8-4-9(8)10(19)20)2-7(3-6)12(16,17)18/h1-3,8-9H,4H2,(H,19,20). The predicted molar refractivity (Wildman–Crippen MR) is 54.9 cm³/mol. The van der Waals surface area contributed by atoms with Crippen LogP contribution in [-0.2, 0) is 17.1 Å². The van der Waals surface area contributed by atoms with Gasteiger partial charge in [-0.15, -0.1) is 0 Å². The number of alkyl halides is 6. The summed E-state index contributed by atoms with van der Waals surface area (Å²) < 4.78 is 75.6. The van der Waals surface area contributed by atoms with E-state index in [0.29, 0.717) is 12.1 Å². The molecule has 0 radical (unpaired) electrons. The molecule has 1 fully saturated rings. The molecule has 2 unspecified atom stereocenters. The highest BCUT2D eigenvalue weighted by atomic mass is 19.4. The minimum atomic E-state index is -4.91. The number of hydrogen-bond donors (Lipinski definition) is 1. The maximum Gasteiger partial charge on any atom is 0.416 e. The summed E-state index contributed by atoms with van der Waals surface area (Å²) >= 11 is 0. The zero-order valence-corrected chi connectivity index (χ0v) is 9.72. The van der Waals surface area contributed by atoms with Crippen LogP contribution in [0.1, 0.15) is 29.0 Å². The number of carboxylic acid groups (broad SMARTS) is 1. The van der Waals surface area contributed by atoms with E-state index in [2.05, 4.69) is 0 Å². The van der Waals surface area contributed by atoms with E-state index in [1.54, 1.807) is 0 Å². The first kappa shape index (κ1) is 14.7. The largest absolute Gasteiger partial charge is 0.481 e. The van der Waals surface area contributed by atoms with Crippen molar-refractivity contribution in [3.05, 3.63) is 34.9 Å². The zero-order chi connectivity index (χ0) is 15.3. The van der Waals surface area contributed by atoms with Gasteiger partial charge in [0.1, 0.15) is 0 Å². The van der Waals surface area contributed by atoms with Gasteiger partial charge in [0.05, 0.1) is 17.0 Å². The Labute approximate surface area is 109 Å². The van der Waals surface area contributed by atoms with E-state index in [0.717, 1.165) is 0 Å². The molecule has 2 nitrogen and oxygen atoms in total. The van der Waals surface area contributed by atoms with Gasteiger partial charge >= 0.3 is 18.3 Å². The molecule has 0 bridgehead atoms. The van der Waals surface area contributed by atoms with Crippen LogP contribution in [0.3, 0.4) is 0 Å². The molecule has 0 spiro atoms. The van der Waals surface area contributed by atoms with Gasteiger partial charge in [-0.3, -0.25) is 4.79 Å². The van der Waals surface area contributed by atoms with Crippen molar-refractivity contribution in [2.75, 3.05) is 0 Å². The van der Waals surface area contributed by atoms with E-state index >= 15 is 0 Å². The molecule has 0 saturated heterocycles. The van der Waals surface area contributed by atoms with E-state index < -0.39 is 41.3 Å². The molecular formula is C12H8F6O2. The van der Waals surface area contributed by atoms with E-state index in [-0.39, 0.29) is 18.1 Å². The smallest absolute Gasteiger partial charge is 0.416 e. The maximum atomic E-state index is 12.6. The first-order valence-corrected chi connectivity index (χ1v) is 5.52. The van der Waals surface area contributed by atoms with Crippen LogP contribution in [0.2, 0.25) is 0 Å². The second-order valence-electron chi connectivity index (χ2n) is 4.63. The molecule has 0 heterocycles. The Morgan fingerprint density at radius 3 is 1.75 bits per heavy atom. The second-order valence-corrected chi connectivity index (χ2v) is 4.63. The second kappa shape index (κ2) is 4.39. The van der Waals surface area contributed by atoms with Crippen molar-refractivity contribution in [2.45, 2.75) is 24.7 Å². The van der Waals surface area contributed by atoms with Crippen molar-refractivity contribution in [1.82, 2.24) is 0 Å². The summed E-state index contributed by atoms with van der Waals surface area (Å²) in [4.78, 5) is 10.7. The summed E-state index contributed by atoms with van der Waals surface area (Å²) in [6.07, 6.45) is -9.78. The monoisotopic (exact) mass is 298 g/mol. The predicted octanol–water partition coefficient (Wildman–Crippen LogP) is 3.91. The van der Waals surface area contributed by atoms with Crippen LogP contribution in [0, 0.1) is 5.92 Å². The fourth-order valence-corrected chi connectivity index (χ4v) is 2.03. The molecule has 2 atom stereocenters. The molecular weight excluding hydrogens is 290 g/mol. The fourth-order valence-electron chi connectivity index (χ4n) is 2.03. The first-order valence-electron chi connectivity index (χ1n) is 5.52. The third-order valence-electron chi connectivity index (χ3n) is 3.15. The lowest BCUT2D eigenvalue weighted by atomic mass is 10.0. The van der Waals surface area contributed by atoms with Crippen LogP contribution in [-0.4, -0.2) is 11.1 Å². The number of benzene rings is 1. The molecule has 1 N–H and O–H groups in total. The van der Waals surface area contributed by atoms with E-state index in [1.165, 1.54) is 0 Å². The van der Waals surface area contributed by atoms with E-state index in [9.17, 15) is 31.1 Å². The first-order chi connectivity index (χ1) is 9.00. The Hall–Kier alpha value is -1.73. The highest BCUT2D eigenvalue weighted by Gasteiger charge is 2.46. The van der Waals surface area contributed by atoms with Crippen LogP contribution < -0.4 is 0 Å². The molecule has 1 aromatic carbocycles. The van der Waals surface area contributed by atoms with Gasteiger partial charge in [0.2, 0.25) is 0 Å². The van der Waals surface area contributed by atoms with Gasteiger partial charge in [-0.2, -0.15) is 26.3 Å². The summed E-state index contributed by atoms with van der Waals surface area (Å²) in [5, 5.41) is 8.70. The number of aliphatic carboxylic acids is 1. The molecule has 1 saturated carbocycles. The maximum absolute atomic E-state index is 12.6. The highest BCUT2D eigenvalue weighted by molar-refractivity contribution is 5.75. The van der Waals surface area contributed by atoms with Crippen LogP contribution in [0.15, 0.2) is 18.2 Å². The molecule has 1 aliphatic rings. The van der Waals surface area contributed by atoms with Crippen molar-refractivity contribution in [3.8, 4) is 0 Å². The number of rotatable bonds is 2. The van der Waals surface area contributed by atoms with Crippen molar-refractivity contribution in [1.29, 1.82) is 0 Å². The van der Waals surface area contributed by atoms with Gasteiger partial charge < -0.3 is 5.11 Å². The lowest BCUT2D eigenvalue weighted by Crippen LogP contribution is -2.12. The van der Waals surface area contributed by atoms with Crippen molar-refractivity contribution in [3.63, 3.8) is 0 Å². The van der Waals surface area contributed by atoms with Gasteiger partial charge in [0, 0.05) is 0 Å². The fraction of sp³-hybridized carbons (Fsp3) is 0.417. The normalized spacial score (nSPS) is 22.7. The number of carboxylic acids is 1. The Balaban J connectivity index is 2.45. The molecule has 8 heteroatoms. The van der Waals surface area contributed by atoms with Crippen LogP contribution in [0.25, 0.3) is 0 Å². The Bertz CT molecular complexity index is 514. The molecule has 2 rings (SSSR count). The molecule has 110 valence electrons. The Kier molecular flexibility index (Phi) is 3.22. The molecule has 1 aliphatic carbocycles. The summed E-state index contributed by atoms with van der Waals surface area (Å²) in [6, 6.07) is 1.20. The molecule has 20 heavy (non-hydrogen) atoms. The van der Waals surface area contributed by atoms with Gasteiger partial charge in [-0.1, -0.05) is 0 Å². The van der Waals surface area contributed by atoms with Crippen molar-refractivity contribution >= 4 is 5.97 Å². The summed E-state index contributed by atoms with van der Waals surface area (Å²) in [6.45, 7) is 0. The minimum Gasteiger partial charge on any atom is -0.481 e. The quantitative estimate of drug-likeness (QED) is 0.840. The molecule has 0 aromatic heterocycles. The van der Waals surface area contributed by atoms with Gasteiger partial charge in [-0.05, 0) is 36.1 Å². The summed E-state index contributed by atoms with van der Waals surface area (Å²) in [5.74, 6) is -2.93. The highest BCUT2D eigenvalue weighted by Crippen LogP contribution is 2.49. The van der Waals surface area contributed by atoms with Crippen LogP contribution in [0.4, 0.5) is 26.3 Å². The lowest BCUT2D eigenvalue weighted by molar-refractivity contribution is -0.143. The van der Waals surface area contributed by atoms with Gasteiger partial charge in [0.25, 0.3) is 0 Å². The molecule has 0 amide bonds. The topological polar surface area (TPSA) is 37.3 Å². The molecule has 1 aromatic rings. The third kappa shape index (κ3) is 2.88. The van der Waals surface area contributed by atoms with Crippen LogP contribution in [0.5, 0.6) is 0 Å². The van der Waals surface area contributed by atoms with E-state index in [1.807, 2.05) is 0 Å². The van der Waals surface area contributed by atoms with Gasteiger partial charge in [-0.25, -0.2) is 0 Å². The number of hydrogen-bond acceptors (Lipinski definition) is 1. The zero-order valence-electron chi connectivity index (χ0n) is 9.72. The van der Waals surface area contributed by atoms with E-state index in [4.69, 9.17) is 5.11 Å². The average molecular weight is 298 g/mol.